The molecule has 112 valence electrons. The van der Waals surface area contributed by atoms with Crippen molar-refractivity contribution in [2.75, 3.05) is 13.7 Å². The molecule has 5 heteroatoms. The molecule has 2 aromatic carbocycles. The second-order valence-electron chi connectivity index (χ2n) is 4.37. The zero-order valence-electron chi connectivity index (χ0n) is 11.7. The third-order valence-corrected chi connectivity index (χ3v) is 3.99. The summed E-state index contributed by atoms with van der Waals surface area (Å²) >= 11 is 9.92. The highest BCUT2D eigenvalue weighted by Gasteiger charge is 2.18. The smallest absolute Gasteiger partial charge is 0.165 e. The Morgan fingerprint density at radius 3 is 2.52 bits per heavy atom. The first-order valence-electron chi connectivity index (χ1n) is 6.46. The summed E-state index contributed by atoms with van der Waals surface area (Å²) in [6.45, 7) is 2.44. The molecule has 0 aliphatic carbocycles. The maximum atomic E-state index is 13.8. The van der Waals surface area contributed by atoms with E-state index in [1.54, 1.807) is 12.1 Å². The van der Waals surface area contributed by atoms with Crippen LogP contribution in [-0.2, 0) is 0 Å². The first kappa shape index (κ1) is 16.1. The lowest BCUT2D eigenvalue weighted by molar-refractivity contribution is 0.336. The quantitative estimate of drug-likeness (QED) is 0.660. The van der Waals surface area contributed by atoms with Crippen LogP contribution in [0.25, 0.3) is 0 Å². The summed E-state index contributed by atoms with van der Waals surface area (Å²) in [4.78, 5) is 0. The van der Waals surface area contributed by atoms with Gasteiger partial charge in [-0.2, -0.15) is 0 Å². The van der Waals surface area contributed by atoms with Crippen LogP contribution < -0.4 is 9.47 Å². The number of hydrogen-bond donors (Lipinski definition) is 0. The van der Waals surface area contributed by atoms with E-state index in [2.05, 4.69) is 15.9 Å². The summed E-state index contributed by atoms with van der Waals surface area (Å²) in [6.07, 6.45) is 0. The molecular weight excluding hydrogens is 359 g/mol. The third kappa shape index (κ3) is 3.69. The average Bonchev–Trinajstić information content (AvgIpc) is 2.48. The third-order valence-electron chi connectivity index (χ3n) is 3.01. The largest absolute Gasteiger partial charge is 0.494 e. The van der Waals surface area contributed by atoms with Gasteiger partial charge in [0.2, 0.25) is 0 Å². The Hall–Kier alpha value is -1.26. The predicted molar refractivity (Wildman–Crippen MR) is 86.0 cm³/mol. The number of hydrogen-bond acceptors (Lipinski definition) is 2. The van der Waals surface area contributed by atoms with E-state index in [-0.39, 0.29) is 5.75 Å². The van der Waals surface area contributed by atoms with Crippen molar-refractivity contribution in [3.05, 3.63) is 57.8 Å². The van der Waals surface area contributed by atoms with Gasteiger partial charge in [-0.3, -0.25) is 0 Å². The van der Waals surface area contributed by atoms with Crippen LogP contribution in [-0.4, -0.2) is 13.7 Å². The first-order valence-corrected chi connectivity index (χ1v) is 7.69. The minimum absolute atomic E-state index is 0.196. The van der Waals surface area contributed by atoms with Gasteiger partial charge in [0.05, 0.1) is 19.1 Å². The van der Waals surface area contributed by atoms with Crippen LogP contribution in [0, 0.1) is 5.82 Å². The van der Waals surface area contributed by atoms with E-state index in [0.717, 1.165) is 10.0 Å². The molecule has 0 aliphatic heterocycles. The normalized spacial score (nSPS) is 12.0. The minimum Gasteiger partial charge on any atom is -0.494 e. The average molecular weight is 374 g/mol. The molecule has 0 aromatic heterocycles. The van der Waals surface area contributed by atoms with Gasteiger partial charge in [0.1, 0.15) is 5.75 Å². The van der Waals surface area contributed by atoms with Crippen molar-refractivity contribution in [1.29, 1.82) is 0 Å². The fourth-order valence-corrected chi connectivity index (χ4v) is 2.71. The fraction of sp³-hybridized carbons (Fsp3) is 0.250. The van der Waals surface area contributed by atoms with Crippen molar-refractivity contribution in [1.82, 2.24) is 0 Å². The van der Waals surface area contributed by atoms with E-state index in [0.29, 0.717) is 17.9 Å². The van der Waals surface area contributed by atoms with Crippen LogP contribution in [0.3, 0.4) is 0 Å². The fourth-order valence-electron chi connectivity index (χ4n) is 2.02. The zero-order chi connectivity index (χ0) is 15.4. The Morgan fingerprint density at radius 1 is 1.19 bits per heavy atom. The number of rotatable bonds is 5. The Balaban J connectivity index is 2.41. The van der Waals surface area contributed by atoms with E-state index in [1.165, 1.54) is 13.2 Å². The molecule has 0 N–H and O–H groups in total. The molecule has 2 aromatic rings. The molecule has 0 radical (unpaired) electrons. The molecule has 0 spiro atoms. The maximum absolute atomic E-state index is 13.8. The molecule has 21 heavy (non-hydrogen) atoms. The van der Waals surface area contributed by atoms with Crippen LogP contribution in [0.4, 0.5) is 4.39 Å². The Bertz CT molecular complexity index is 634. The summed E-state index contributed by atoms with van der Waals surface area (Å²) in [7, 11) is 1.43. The Kier molecular flexibility index (Phi) is 5.48. The molecular formula is C16H15BrClFO2. The topological polar surface area (TPSA) is 18.5 Å². The van der Waals surface area contributed by atoms with Crippen LogP contribution in [0.15, 0.2) is 40.9 Å². The van der Waals surface area contributed by atoms with E-state index < -0.39 is 11.2 Å². The first-order chi connectivity index (χ1) is 10.1. The highest BCUT2D eigenvalue weighted by Crippen LogP contribution is 2.37. The van der Waals surface area contributed by atoms with Crippen LogP contribution in [0.5, 0.6) is 11.5 Å². The maximum Gasteiger partial charge on any atom is 0.165 e. The number of benzene rings is 2. The monoisotopic (exact) mass is 372 g/mol. The zero-order valence-corrected chi connectivity index (χ0v) is 14.0. The SMILES string of the molecule is CCOc1ccc(Br)cc1C(Cl)c1ccc(OC)c(F)c1. The summed E-state index contributed by atoms with van der Waals surface area (Å²) < 4.78 is 25.2. The van der Waals surface area contributed by atoms with E-state index in [9.17, 15) is 4.39 Å². The Labute approximate surface area is 137 Å². The summed E-state index contributed by atoms with van der Waals surface area (Å²) in [5.74, 6) is 0.451. The second-order valence-corrected chi connectivity index (χ2v) is 5.72. The molecule has 1 atom stereocenters. The van der Waals surface area contributed by atoms with E-state index in [1.807, 2.05) is 25.1 Å². The van der Waals surface area contributed by atoms with Crippen LogP contribution in [0.2, 0.25) is 0 Å². The molecule has 2 nitrogen and oxygen atoms in total. The van der Waals surface area contributed by atoms with Gasteiger partial charge in [0.25, 0.3) is 0 Å². The molecule has 0 saturated heterocycles. The lowest BCUT2D eigenvalue weighted by atomic mass is 10.0. The highest BCUT2D eigenvalue weighted by atomic mass is 79.9. The van der Waals surface area contributed by atoms with Gasteiger partial charge in [-0.1, -0.05) is 22.0 Å². The molecule has 1 unspecified atom stereocenters. The number of methoxy groups -OCH3 is 1. The van der Waals surface area contributed by atoms with Gasteiger partial charge in [0.15, 0.2) is 11.6 Å². The van der Waals surface area contributed by atoms with Gasteiger partial charge in [-0.05, 0) is 42.8 Å². The summed E-state index contributed by atoms with van der Waals surface area (Å²) in [5, 5.41) is -0.510. The summed E-state index contributed by atoms with van der Waals surface area (Å²) in [6, 6.07) is 10.3. The molecule has 0 aliphatic rings. The van der Waals surface area contributed by atoms with Crippen molar-refractivity contribution in [2.45, 2.75) is 12.3 Å². The standard InChI is InChI=1S/C16H15BrClFO2/c1-3-21-14-7-5-11(17)9-12(14)16(18)10-4-6-15(20-2)13(19)8-10/h4-9,16H,3H2,1-2H3. The molecule has 2 rings (SSSR count). The molecule has 0 fully saturated rings. The lowest BCUT2D eigenvalue weighted by Crippen LogP contribution is -2.01. The van der Waals surface area contributed by atoms with Gasteiger partial charge >= 0.3 is 0 Å². The Morgan fingerprint density at radius 2 is 1.90 bits per heavy atom. The number of alkyl halides is 1. The second kappa shape index (κ2) is 7.14. The van der Waals surface area contributed by atoms with Crippen molar-refractivity contribution < 1.29 is 13.9 Å². The highest BCUT2D eigenvalue weighted by molar-refractivity contribution is 9.10. The van der Waals surface area contributed by atoms with Crippen molar-refractivity contribution in [2.24, 2.45) is 0 Å². The van der Waals surface area contributed by atoms with Crippen molar-refractivity contribution in [3.8, 4) is 11.5 Å². The van der Waals surface area contributed by atoms with Crippen LogP contribution in [0.1, 0.15) is 23.4 Å². The predicted octanol–water partition coefficient (Wildman–Crippen LogP) is 5.32. The van der Waals surface area contributed by atoms with Gasteiger partial charge in [-0.25, -0.2) is 4.39 Å². The molecule has 0 heterocycles. The van der Waals surface area contributed by atoms with Gasteiger partial charge in [-0.15, -0.1) is 11.6 Å². The number of ether oxygens (including phenoxy) is 2. The summed E-state index contributed by atoms with van der Waals surface area (Å²) in [5.41, 5.74) is 1.44. The molecule has 0 saturated carbocycles. The lowest BCUT2D eigenvalue weighted by Gasteiger charge is -2.16. The van der Waals surface area contributed by atoms with E-state index in [4.69, 9.17) is 21.1 Å². The van der Waals surface area contributed by atoms with Gasteiger partial charge in [0, 0.05) is 10.0 Å². The van der Waals surface area contributed by atoms with Crippen LogP contribution >= 0.6 is 27.5 Å². The molecule has 0 amide bonds. The van der Waals surface area contributed by atoms with E-state index >= 15 is 0 Å². The molecule has 0 bridgehead atoms. The van der Waals surface area contributed by atoms with Crippen molar-refractivity contribution in [3.63, 3.8) is 0 Å². The van der Waals surface area contributed by atoms with Crippen molar-refractivity contribution >= 4 is 27.5 Å². The van der Waals surface area contributed by atoms with Gasteiger partial charge < -0.3 is 9.47 Å². The minimum atomic E-state index is -0.510. The number of halogens is 3.